The Bertz CT molecular complexity index is 549. The maximum absolute atomic E-state index is 12.7. The zero-order valence-corrected chi connectivity index (χ0v) is 15.8. The highest BCUT2D eigenvalue weighted by Gasteiger charge is 2.56. The third-order valence-electron chi connectivity index (χ3n) is 4.16. The van der Waals surface area contributed by atoms with Crippen molar-refractivity contribution in [3.8, 4) is 5.75 Å². The molecule has 8 heteroatoms. The molecule has 1 amide bonds. The van der Waals surface area contributed by atoms with Crippen LogP contribution in [0, 0.1) is 6.07 Å². The van der Waals surface area contributed by atoms with Crippen LogP contribution >= 0.6 is 0 Å². The van der Waals surface area contributed by atoms with E-state index in [9.17, 15) is 26.7 Å². The first-order chi connectivity index (χ1) is 13.2. The van der Waals surface area contributed by atoms with Crippen molar-refractivity contribution in [1.82, 2.24) is 5.32 Å². The molecular weight excluding hydrogens is 381 g/mol. The fourth-order valence-electron chi connectivity index (χ4n) is 2.52. The van der Waals surface area contributed by atoms with Gasteiger partial charge in [0, 0.05) is 19.4 Å². The highest BCUT2D eigenvalue weighted by Crippen LogP contribution is 2.38. The predicted octanol–water partition coefficient (Wildman–Crippen LogP) is 5.69. The molecule has 1 rings (SSSR count). The van der Waals surface area contributed by atoms with Crippen LogP contribution in [0.4, 0.5) is 22.0 Å². The van der Waals surface area contributed by atoms with E-state index < -0.39 is 24.9 Å². The van der Waals surface area contributed by atoms with Gasteiger partial charge in [-0.2, -0.15) is 22.0 Å². The summed E-state index contributed by atoms with van der Waals surface area (Å²) in [6.45, 7) is 0.476. The molecule has 1 N–H and O–H groups in total. The van der Waals surface area contributed by atoms with Crippen LogP contribution < -0.4 is 10.1 Å². The summed E-state index contributed by atoms with van der Waals surface area (Å²) in [6.07, 6.45) is -1.50. The molecule has 0 saturated heterocycles. The number of alkyl halides is 5. The van der Waals surface area contributed by atoms with Crippen molar-refractivity contribution in [3.05, 3.63) is 30.3 Å². The fourth-order valence-corrected chi connectivity index (χ4v) is 2.52. The Morgan fingerprint density at radius 2 is 1.54 bits per heavy atom. The first-order valence-corrected chi connectivity index (χ1v) is 9.52. The second-order valence-corrected chi connectivity index (χ2v) is 6.61. The number of carbonyl (C=O) groups excluding carboxylic acids is 1. The van der Waals surface area contributed by atoms with Gasteiger partial charge in [0.15, 0.2) is 0 Å². The minimum atomic E-state index is -5.54. The molecule has 1 aromatic rings. The summed E-state index contributed by atoms with van der Waals surface area (Å²) in [5.41, 5.74) is 0. The summed E-state index contributed by atoms with van der Waals surface area (Å²) in [4.78, 5) is 11.5. The number of hydrogen-bond donors (Lipinski definition) is 1. The zero-order chi connectivity index (χ0) is 20.9. The van der Waals surface area contributed by atoms with E-state index in [-0.39, 0.29) is 18.9 Å². The molecule has 28 heavy (non-hydrogen) atoms. The lowest BCUT2D eigenvalue weighted by Gasteiger charge is -2.19. The number of halogens is 5. The standard InChI is InChI=1S/C20H27F5NO2/c21-19(22,20(23,24)25)14-10-15-26-18(27)13-8-3-1-2-4-9-16-28-17-11-6-5-7-12-17/h6-7,11-12H,1-4,8-10,13-16H2,(H,26,27). The monoisotopic (exact) mass is 408 g/mol. The average Bonchev–Trinajstić information content (AvgIpc) is 2.64. The Balaban J connectivity index is 1.91. The van der Waals surface area contributed by atoms with Crippen molar-refractivity contribution in [3.63, 3.8) is 0 Å². The third kappa shape index (κ3) is 10.5. The Labute approximate surface area is 162 Å². The molecule has 0 unspecified atom stereocenters. The van der Waals surface area contributed by atoms with Crippen molar-refractivity contribution < 1.29 is 31.5 Å². The van der Waals surface area contributed by atoms with E-state index >= 15 is 0 Å². The largest absolute Gasteiger partial charge is 0.494 e. The summed E-state index contributed by atoms with van der Waals surface area (Å²) in [5, 5.41) is 2.38. The lowest BCUT2D eigenvalue weighted by Crippen LogP contribution is -2.37. The number of carbonyl (C=O) groups is 1. The first-order valence-electron chi connectivity index (χ1n) is 9.52. The van der Waals surface area contributed by atoms with E-state index in [1.54, 1.807) is 12.1 Å². The molecule has 0 bridgehead atoms. The van der Waals surface area contributed by atoms with Crippen LogP contribution in [-0.4, -0.2) is 31.2 Å². The first kappa shape index (κ1) is 24.2. The van der Waals surface area contributed by atoms with Gasteiger partial charge in [-0.25, -0.2) is 0 Å². The van der Waals surface area contributed by atoms with Gasteiger partial charge in [0.25, 0.3) is 0 Å². The highest BCUT2D eigenvalue weighted by atomic mass is 19.4. The van der Waals surface area contributed by atoms with Crippen molar-refractivity contribution in [2.75, 3.05) is 13.2 Å². The molecule has 0 heterocycles. The lowest BCUT2D eigenvalue weighted by atomic mass is 10.1. The molecule has 0 aromatic heterocycles. The van der Waals surface area contributed by atoms with Gasteiger partial charge in [-0.15, -0.1) is 0 Å². The molecule has 3 nitrogen and oxygen atoms in total. The smallest absolute Gasteiger partial charge is 0.453 e. The van der Waals surface area contributed by atoms with E-state index in [0.717, 1.165) is 37.9 Å². The van der Waals surface area contributed by atoms with Crippen LogP contribution in [0.25, 0.3) is 0 Å². The minimum absolute atomic E-state index is 0.177. The molecule has 0 aliphatic heterocycles. The van der Waals surface area contributed by atoms with Crippen molar-refractivity contribution in [2.24, 2.45) is 0 Å². The number of ether oxygens (including phenoxy) is 1. The van der Waals surface area contributed by atoms with Crippen LogP contribution in [0.1, 0.15) is 57.8 Å². The van der Waals surface area contributed by atoms with E-state index in [1.807, 2.05) is 12.1 Å². The maximum atomic E-state index is 12.7. The summed E-state index contributed by atoms with van der Waals surface area (Å²) in [6, 6.07) is 10.2. The van der Waals surface area contributed by atoms with E-state index in [2.05, 4.69) is 11.4 Å². The number of hydrogen-bond acceptors (Lipinski definition) is 2. The molecule has 0 fully saturated rings. The second kappa shape index (κ2) is 12.6. The Hall–Kier alpha value is -1.86. The quantitative estimate of drug-likeness (QED) is 0.317. The SMILES string of the molecule is O=C(CCCCCCCCOc1cc[c]cc1)NCCCC(F)(F)C(F)(F)F. The van der Waals surface area contributed by atoms with Crippen LogP contribution in [0.3, 0.4) is 0 Å². The molecule has 0 saturated carbocycles. The van der Waals surface area contributed by atoms with Gasteiger partial charge in [-0.05, 0) is 37.5 Å². The van der Waals surface area contributed by atoms with Gasteiger partial charge in [0.2, 0.25) is 5.91 Å². The third-order valence-corrected chi connectivity index (χ3v) is 4.16. The number of unbranched alkanes of at least 4 members (excludes halogenated alkanes) is 5. The Morgan fingerprint density at radius 1 is 0.929 bits per heavy atom. The molecule has 1 aromatic carbocycles. The minimum Gasteiger partial charge on any atom is -0.494 e. The Kier molecular flexibility index (Phi) is 10.9. The topological polar surface area (TPSA) is 38.3 Å². The summed E-state index contributed by atoms with van der Waals surface area (Å²) in [7, 11) is 0. The van der Waals surface area contributed by atoms with Crippen LogP contribution in [0.5, 0.6) is 5.75 Å². The van der Waals surface area contributed by atoms with Gasteiger partial charge < -0.3 is 10.1 Å². The van der Waals surface area contributed by atoms with Gasteiger partial charge >= 0.3 is 12.1 Å². The van der Waals surface area contributed by atoms with Crippen LogP contribution in [0.15, 0.2) is 24.3 Å². The summed E-state index contributed by atoms with van der Waals surface area (Å²) >= 11 is 0. The highest BCUT2D eigenvalue weighted by molar-refractivity contribution is 5.75. The van der Waals surface area contributed by atoms with Gasteiger partial charge in [-0.3, -0.25) is 4.79 Å². The number of nitrogens with one attached hydrogen (secondary N) is 1. The van der Waals surface area contributed by atoms with E-state index in [1.165, 1.54) is 0 Å². The summed E-state index contributed by atoms with van der Waals surface area (Å²) in [5.74, 6) is -4.20. The van der Waals surface area contributed by atoms with Crippen LogP contribution in [0.2, 0.25) is 0 Å². The van der Waals surface area contributed by atoms with Gasteiger partial charge in [-0.1, -0.05) is 37.8 Å². The molecule has 1 radical (unpaired) electrons. The van der Waals surface area contributed by atoms with Crippen LogP contribution in [-0.2, 0) is 4.79 Å². The molecule has 0 aliphatic rings. The predicted molar refractivity (Wildman–Crippen MR) is 96.3 cm³/mol. The van der Waals surface area contributed by atoms with Crippen molar-refractivity contribution >= 4 is 5.91 Å². The second-order valence-electron chi connectivity index (χ2n) is 6.61. The number of amides is 1. The van der Waals surface area contributed by atoms with Gasteiger partial charge in [0.05, 0.1) is 6.61 Å². The lowest BCUT2D eigenvalue weighted by molar-refractivity contribution is -0.284. The van der Waals surface area contributed by atoms with E-state index in [4.69, 9.17) is 4.74 Å². The Morgan fingerprint density at radius 3 is 2.18 bits per heavy atom. The molecule has 0 aliphatic carbocycles. The van der Waals surface area contributed by atoms with Crippen molar-refractivity contribution in [1.29, 1.82) is 0 Å². The number of benzene rings is 1. The summed E-state index contributed by atoms with van der Waals surface area (Å²) < 4.78 is 66.9. The number of rotatable bonds is 14. The average molecular weight is 408 g/mol. The fraction of sp³-hybridized carbons (Fsp3) is 0.650. The zero-order valence-electron chi connectivity index (χ0n) is 15.8. The maximum Gasteiger partial charge on any atom is 0.453 e. The molecule has 159 valence electrons. The molecular formula is C20H27F5NO2. The van der Waals surface area contributed by atoms with Gasteiger partial charge in [0.1, 0.15) is 5.75 Å². The normalized spacial score (nSPS) is 12.0. The van der Waals surface area contributed by atoms with E-state index in [0.29, 0.717) is 13.0 Å². The molecule has 0 spiro atoms. The van der Waals surface area contributed by atoms with Crippen molar-refractivity contribution in [2.45, 2.75) is 69.9 Å². The molecule has 0 atom stereocenters.